The Bertz CT molecular complexity index is 350. The molecule has 0 fully saturated rings. The highest BCUT2D eigenvalue weighted by Gasteiger charge is 2.04. The number of carbonyl (C=O) groups excluding carboxylic acids is 1. The predicted octanol–water partition coefficient (Wildman–Crippen LogP) is 3.74. The fourth-order valence-electron chi connectivity index (χ4n) is 1.10. The molecular weight excluding hydrogens is 235 g/mol. The number of hydrogen-bond acceptors (Lipinski definition) is 2. The largest absolute Gasteiger partial charge is 0.492 e. The average molecular weight is 247 g/mol. The molecule has 0 saturated heterocycles. The maximum Gasteiger partial charge on any atom is 0.139 e. The van der Waals surface area contributed by atoms with Gasteiger partial charge in [0.2, 0.25) is 0 Å². The number of hydrogen-bond donors (Lipinski definition) is 0. The SMILES string of the molecule is CC(=O)CCCOc1cccc(Cl)c1Cl. The van der Waals surface area contributed by atoms with Crippen LogP contribution in [0, 0.1) is 0 Å². The number of rotatable bonds is 5. The van der Waals surface area contributed by atoms with Gasteiger partial charge in [-0.15, -0.1) is 0 Å². The molecule has 0 aromatic heterocycles. The van der Waals surface area contributed by atoms with Crippen molar-refractivity contribution in [2.75, 3.05) is 6.61 Å². The van der Waals surface area contributed by atoms with E-state index in [0.29, 0.717) is 35.2 Å². The fourth-order valence-corrected chi connectivity index (χ4v) is 1.45. The Morgan fingerprint density at radius 3 is 2.80 bits per heavy atom. The van der Waals surface area contributed by atoms with E-state index in [2.05, 4.69) is 0 Å². The molecule has 0 bridgehead atoms. The molecule has 0 N–H and O–H groups in total. The van der Waals surface area contributed by atoms with Crippen molar-refractivity contribution in [3.05, 3.63) is 28.2 Å². The van der Waals surface area contributed by atoms with Crippen molar-refractivity contribution in [3.63, 3.8) is 0 Å². The molecular formula is C11H12Cl2O2. The molecule has 1 aromatic rings. The molecule has 0 aliphatic rings. The number of Topliss-reactive ketones (excluding diaryl/α,β-unsaturated/α-hetero) is 1. The highest BCUT2D eigenvalue weighted by Crippen LogP contribution is 2.31. The van der Waals surface area contributed by atoms with E-state index in [1.807, 2.05) is 0 Å². The molecule has 0 aliphatic carbocycles. The van der Waals surface area contributed by atoms with Gasteiger partial charge in [0, 0.05) is 6.42 Å². The minimum absolute atomic E-state index is 0.163. The monoisotopic (exact) mass is 246 g/mol. The summed E-state index contributed by atoms with van der Waals surface area (Å²) in [5.74, 6) is 0.725. The van der Waals surface area contributed by atoms with Crippen LogP contribution in [-0.4, -0.2) is 12.4 Å². The standard InChI is InChI=1S/C11H12Cl2O2/c1-8(14)4-3-7-15-10-6-2-5-9(12)11(10)13/h2,5-6H,3-4,7H2,1H3. The van der Waals surface area contributed by atoms with Gasteiger partial charge in [0.15, 0.2) is 0 Å². The van der Waals surface area contributed by atoms with Crippen molar-refractivity contribution in [1.29, 1.82) is 0 Å². The third-order valence-corrected chi connectivity index (χ3v) is 2.65. The Balaban J connectivity index is 2.44. The Labute approximate surface area is 99.1 Å². The lowest BCUT2D eigenvalue weighted by atomic mass is 10.2. The third-order valence-electron chi connectivity index (χ3n) is 1.85. The van der Waals surface area contributed by atoms with Crippen LogP contribution >= 0.6 is 23.2 Å². The molecule has 0 unspecified atom stereocenters. The van der Waals surface area contributed by atoms with E-state index < -0.39 is 0 Å². The molecule has 0 saturated carbocycles. The van der Waals surface area contributed by atoms with Gasteiger partial charge in [-0.2, -0.15) is 0 Å². The van der Waals surface area contributed by atoms with Gasteiger partial charge < -0.3 is 9.53 Å². The lowest BCUT2D eigenvalue weighted by molar-refractivity contribution is -0.117. The van der Waals surface area contributed by atoms with Crippen LogP contribution in [0.5, 0.6) is 5.75 Å². The summed E-state index contributed by atoms with van der Waals surface area (Å²) in [6.07, 6.45) is 1.22. The highest BCUT2D eigenvalue weighted by atomic mass is 35.5. The van der Waals surface area contributed by atoms with E-state index in [1.54, 1.807) is 25.1 Å². The zero-order valence-corrected chi connectivity index (χ0v) is 9.94. The van der Waals surface area contributed by atoms with Crippen molar-refractivity contribution in [1.82, 2.24) is 0 Å². The molecule has 1 rings (SSSR count). The summed E-state index contributed by atoms with van der Waals surface area (Å²) in [6.45, 7) is 2.03. The molecule has 0 atom stereocenters. The topological polar surface area (TPSA) is 26.3 Å². The van der Waals surface area contributed by atoms with Crippen LogP contribution in [0.2, 0.25) is 10.0 Å². The van der Waals surface area contributed by atoms with Crippen LogP contribution in [0.4, 0.5) is 0 Å². The summed E-state index contributed by atoms with van der Waals surface area (Å²) in [5, 5.41) is 0.891. The molecule has 1 aromatic carbocycles. The fraction of sp³-hybridized carbons (Fsp3) is 0.364. The van der Waals surface area contributed by atoms with E-state index >= 15 is 0 Å². The van der Waals surface area contributed by atoms with Crippen molar-refractivity contribution >= 4 is 29.0 Å². The second-order valence-electron chi connectivity index (χ2n) is 3.21. The molecule has 82 valence electrons. The maximum atomic E-state index is 10.7. The molecule has 4 heteroatoms. The summed E-state index contributed by atoms with van der Waals surface area (Å²) < 4.78 is 5.40. The maximum absolute atomic E-state index is 10.7. The Morgan fingerprint density at radius 2 is 2.13 bits per heavy atom. The van der Waals surface area contributed by atoms with E-state index in [1.165, 1.54) is 0 Å². The third kappa shape index (κ3) is 4.10. The summed E-state index contributed by atoms with van der Waals surface area (Å²) in [4.78, 5) is 10.7. The first-order chi connectivity index (χ1) is 7.11. The molecule has 0 radical (unpaired) electrons. The number of benzene rings is 1. The Hall–Kier alpha value is -0.730. The summed E-state index contributed by atoms with van der Waals surface area (Å²) in [6, 6.07) is 5.23. The van der Waals surface area contributed by atoms with Gasteiger partial charge in [-0.25, -0.2) is 0 Å². The molecule has 2 nitrogen and oxygen atoms in total. The lowest BCUT2D eigenvalue weighted by Crippen LogP contribution is -2.00. The lowest BCUT2D eigenvalue weighted by Gasteiger charge is -2.07. The summed E-state index contributed by atoms with van der Waals surface area (Å²) in [5.41, 5.74) is 0. The number of halogens is 2. The van der Waals surface area contributed by atoms with Gasteiger partial charge in [-0.1, -0.05) is 29.3 Å². The van der Waals surface area contributed by atoms with Gasteiger partial charge in [0.25, 0.3) is 0 Å². The summed E-state index contributed by atoms with van der Waals surface area (Å²) >= 11 is 11.7. The molecule has 0 heterocycles. The van der Waals surface area contributed by atoms with Crippen LogP contribution in [0.3, 0.4) is 0 Å². The Kier molecular flexibility index (Phi) is 4.92. The minimum atomic E-state index is 0.163. The quantitative estimate of drug-likeness (QED) is 0.741. The highest BCUT2D eigenvalue weighted by molar-refractivity contribution is 6.42. The summed E-state index contributed by atoms with van der Waals surface area (Å²) in [7, 11) is 0. The van der Waals surface area contributed by atoms with E-state index in [4.69, 9.17) is 27.9 Å². The molecule has 0 amide bonds. The van der Waals surface area contributed by atoms with Gasteiger partial charge in [-0.3, -0.25) is 0 Å². The van der Waals surface area contributed by atoms with E-state index in [0.717, 1.165) is 0 Å². The normalized spacial score (nSPS) is 10.1. The molecule has 0 spiro atoms. The van der Waals surface area contributed by atoms with Gasteiger partial charge >= 0.3 is 0 Å². The number of carbonyl (C=O) groups is 1. The van der Waals surface area contributed by atoms with Crippen molar-refractivity contribution < 1.29 is 9.53 Å². The van der Waals surface area contributed by atoms with Crippen LogP contribution in [0.25, 0.3) is 0 Å². The first-order valence-electron chi connectivity index (χ1n) is 4.67. The first-order valence-corrected chi connectivity index (χ1v) is 5.43. The van der Waals surface area contributed by atoms with Crippen LogP contribution in [0.15, 0.2) is 18.2 Å². The van der Waals surface area contributed by atoms with Crippen LogP contribution in [0.1, 0.15) is 19.8 Å². The van der Waals surface area contributed by atoms with Crippen molar-refractivity contribution in [2.24, 2.45) is 0 Å². The number of ether oxygens (including phenoxy) is 1. The minimum Gasteiger partial charge on any atom is -0.492 e. The van der Waals surface area contributed by atoms with Gasteiger partial charge in [0.1, 0.15) is 16.6 Å². The van der Waals surface area contributed by atoms with Crippen LogP contribution < -0.4 is 4.74 Å². The van der Waals surface area contributed by atoms with E-state index in [9.17, 15) is 4.79 Å². The van der Waals surface area contributed by atoms with Crippen molar-refractivity contribution in [3.8, 4) is 5.75 Å². The zero-order valence-electron chi connectivity index (χ0n) is 8.43. The molecule has 15 heavy (non-hydrogen) atoms. The first kappa shape index (κ1) is 12.3. The van der Waals surface area contributed by atoms with Crippen molar-refractivity contribution in [2.45, 2.75) is 19.8 Å². The van der Waals surface area contributed by atoms with E-state index in [-0.39, 0.29) is 5.78 Å². The van der Waals surface area contributed by atoms with Crippen LogP contribution in [-0.2, 0) is 4.79 Å². The average Bonchev–Trinajstić information content (AvgIpc) is 2.18. The van der Waals surface area contributed by atoms with Gasteiger partial charge in [0.05, 0.1) is 11.6 Å². The van der Waals surface area contributed by atoms with Gasteiger partial charge in [-0.05, 0) is 25.5 Å². The Morgan fingerprint density at radius 1 is 1.40 bits per heavy atom. The zero-order chi connectivity index (χ0) is 11.3. The smallest absolute Gasteiger partial charge is 0.139 e. The second-order valence-corrected chi connectivity index (χ2v) is 3.99. The number of ketones is 1. The molecule has 0 aliphatic heterocycles. The predicted molar refractivity (Wildman–Crippen MR) is 61.9 cm³/mol. The second kappa shape index (κ2) is 5.99.